The number of hydrogen-bond donors (Lipinski definition) is 0. The Hall–Kier alpha value is -1.00. The molecule has 0 spiro atoms. The van der Waals surface area contributed by atoms with Crippen molar-refractivity contribution in [3.8, 4) is 0 Å². The molecule has 1 saturated heterocycles. The minimum absolute atomic E-state index is 0.0577. The van der Waals surface area contributed by atoms with Crippen LogP contribution in [0.15, 0.2) is 29.2 Å². The SMILES string of the molecule is CC(C)C1OC(C)(C)C2Sc3ccccc3C(=O)N12. The number of rotatable bonds is 1. The summed E-state index contributed by atoms with van der Waals surface area (Å²) in [5.41, 5.74) is 0.485. The Kier molecular flexibility index (Phi) is 2.91. The topological polar surface area (TPSA) is 29.5 Å². The van der Waals surface area contributed by atoms with Gasteiger partial charge in [0, 0.05) is 4.90 Å². The number of amides is 1. The van der Waals surface area contributed by atoms with E-state index in [-0.39, 0.29) is 23.1 Å². The molecule has 3 nitrogen and oxygen atoms in total. The van der Waals surface area contributed by atoms with E-state index in [4.69, 9.17) is 4.74 Å². The Morgan fingerprint density at radius 1 is 1.32 bits per heavy atom. The first-order valence-corrected chi connectivity index (χ1v) is 7.56. The second-order valence-corrected chi connectivity index (χ2v) is 7.16. The molecule has 1 amide bonds. The van der Waals surface area contributed by atoms with Gasteiger partial charge in [0.05, 0.1) is 11.2 Å². The standard InChI is InChI=1S/C15H19NO2S/c1-9(2)13-16-12(17)10-7-5-6-8-11(10)19-14(16)15(3,4)18-13/h5-9,13-14H,1-4H3. The maximum Gasteiger partial charge on any atom is 0.258 e. The molecular weight excluding hydrogens is 258 g/mol. The molecule has 2 aliphatic heterocycles. The van der Waals surface area contributed by atoms with Gasteiger partial charge in [-0.05, 0) is 31.9 Å². The van der Waals surface area contributed by atoms with Gasteiger partial charge >= 0.3 is 0 Å². The smallest absolute Gasteiger partial charge is 0.258 e. The second kappa shape index (κ2) is 4.25. The van der Waals surface area contributed by atoms with E-state index in [1.165, 1.54) is 0 Å². The molecule has 4 heteroatoms. The van der Waals surface area contributed by atoms with Crippen LogP contribution in [0.4, 0.5) is 0 Å². The van der Waals surface area contributed by atoms with Crippen LogP contribution in [-0.2, 0) is 4.74 Å². The lowest BCUT2D eigenvalue weighted by atomic mass is 10.1. The van der Waals surface area contributed by atoms with Crippen LogP contribution in [-0.4, -0.2) is 28.0 Å². The number of fused-ring (bicyclic) bond motifs is 2. The molecule has 19 heavy (non-hydrogen) atoms. The zero-order valence-corrected chi connectivity index (χ0v) is 12.5. The van der Waals surface area contributed by atoms with Gasteiger partial charge in [0.25, 0.3) is 5.91 Å². The van der Waals surface area contributed by atoms with E-state index in [0.717, 1.165) is 10.5 Å². The summed E-state index contributed by atoms with van der Waals surface area (Å²) in [6, 6.07) is 7.83. The Morgan fingerprint density at radius 2 is 2.00 bits per heavy atom. The van der Waals surface area contributed by atoms with Gasteiger partial charge in [-0.25, -0.2) is 0 Å². The molecule has 3 rings (SSSR count). The predicted molar refractivity (Wildman–Crippen MR) is 76.0 cm³/mol. The van der Waals surface area contributed by atoms with E-state index in [9.17, 15) is 4.79 Å². The van der Waals surface area contributed by atoms with Crippen molar-refractivity contribution in [2.75, 3.05) is 0 Å². The van der Waals surface area contributed by atoms with Gasteiger partial charge in [-0.1, -0.05) is 37.7 Å². The molecule has 0 bridgehead atoms. The van der Waals surface area contributed by atoms with Crippen LogP contribution >= 0.6 is 11.8 Å². The molecule has 0 aromatic heterocycles. The monoisotopic (exact) mass is 277 g/mol. The lowest BCUT2D eigenvalue weighted by molar-refractivity contribution is -0.0571. The van der Waals surface area contributed by atoms with Crippen LogP contribution in [0.25, 0.3) is 0 Å². The molecule has 1 fully saturated rings. The third-order valence-electron chi connectivity index (χ3n) is 3.71. The first-order chi connectivity index (χ1) is 8.92. The van der Waals surface area contributed by atoms with Gasteiger partial charge in [-0.2, -0.15) is 0 Å². The molecule has 2 aliphatic rings. The third-order valence-corrected chi connectivity index (χ3v) is 5.33. The van der Waals surface area contributed by atoms with Crippen LogP contribution in [0.1, 0.15) is 38.1 Å². The molecular formula is C15H19NO2S. The van der Waals surface area contributed by atoms with E-state index >= 15 is 0 Å². The highest BCUT2D eigenvalue weighted by Crippen LogP contribution is 2.48. The summed E-state index contributed by atoms with van der Waals surface area (Å²) >= 11 is 1.74. The fourth-order valence-electron chi connectivity index (χ4n) is 2.78. The Bertz CT molecular complexity index is 527. The largest absolute Gasteiger partial charge is 0.349 e. The predicted octanol–water partition coefficient (Wildman–Crippen LogP) is 3.35. The molecule has 0 N–H and O–H groups in total. The minimum atomic E-state index is -0.317. The van der Waals surface area contributed by atoms with Gasteiger partial charge < -0.3 is 4.74 Å². The van der Waals surface area contributed by atoms with E-state index in [1.807, 2.05) is 29.2 Å². The molecule has 1 aromatic carbocycles. The Balaban J connectivity index is 2.08. The molecule has 2 heterocycles. The van der Waals surface area contributed by atoms with Gasteiger partial charge in [-0.15, -0.1) is 0 Å². The quantitative estimate of drug-likeness (QED) is 0.788. The summed E-state index contributed by atoms with van der Waals surface area (Å²) in [5, 5.41) is 0.0577. The van der Waals surface area contributed by atoms with E-state index in [0.29, 0.717) is 5.92 Å². The van der Waals surface area contributed by atoms with Crippen molar-refractivity contribution in [1.82, 2.24) is 4.90 Å². The van der Waals surface area contributed by atoms with Crippen LogP contribution < -0.4 is 0 Å². The molecule has 2 atom stereocenters. The Labute approximate surface area is 118 Å². The Morgan fingerprint density at radius 3 is 2.68 bits per heavy atom. The van der Waals surface area contributed by atoms with E-state index in [1.54, 1.807) is 11.8 Å². The number of carbonyl (C=O) groups is 1. The van der Waals surface area contributed by atoms with Crippen LogP contribution in [0.5, 0.6) is 0 Å². The number of ether oxygens (including phenoxy) is 1. The third kappa shape index (κ3) is 1.89. The van der Waals surface area contributed by atoms with Gasteiger partial charge in [0.15, 0.2) is 0 Å². The molecule has 102 valence electrons. The zero-order valence-electron chi connectivity index (χ0n) is 11.7. The first-order valence-electron chi connectivity index (χ1n) is 6.68. The van der Waals surface area contributed by atoms with E-state index in [2.05, 4.69) is 27.7 Å². The van der Waals surface area contributed by atoms with Crippen molar-refractivity contribution in [2.24, 2.45) is 5.92 Å². The second-order valence-electron chi connectivity index (χ2n) is 6.03. The maximum absolute atomic E-state index is 12.7. The van der Waals surface area contributed by atoms with E-state index < -0.39 is 0 Å². The number of benzene rings is 1. The number of carbonyl (C=O) groups excluding carboxylic acids is 1. The summed E-state index contributed by atoms with van der Waals surface area (Å²) in [5.74, 6) is 0.391. The van der Waals surface area contributed by atoms with Gasteiger partial charge in [-0.3, -0.25) is 9.69 Å². The summed E-state index contributed by atoms with van der Waals surface area (Å²) < 4.78 is 6.14. The fourth-order valence-corrected chi connectivity index (χ4v) is 4.13. The molecule has 0 aliphatic carbocycles. The van der Waals surface area contributed by atoms with Gasteiger partial charge in [0.2, 0.25) is 0 Å². The number of hydrogen-bond acceptors (Lipinski definition) is 3. The fraction of sp³-hybridized carbons (Fsp3) is 0.533. The van der Waals surface area contributed by atoms with Crippen molar-refractivity contribution in [1.29, 1.82) is 0 Å². The van der Waals surface area contributed by atoms with Crippen LogP contribution in [0.2, 0.25) is 0 Å². The van der Waals surface area contributed by atoms with Crippen molar-refractivity contribution in [3.63, 3.8) is 0 Å². The highest BCUT2D eigenvalue weighted by atomic mass is 32.2. The molecule has 1 aromatic rings. The van der Waals surface area contributed by atoms with Crippen molar-refractivity contribution >= 4 is 17.7 Å². The molecule has 0 saturated carbocycles. The lowest BCUT2D eigenvalue weighted by Crippen LogP contribution is -2.47. The first kappa shape index (κ1) is 13.0. The highest BCUT2D eigenvalue weighted by Gasteiger charge is 2.53. The molecule has 2 unspecified atom stereocenters. The zero-order chi connectivity index (χ0) is 13.8. The average Bonchev–Trinajstić information content (AvgIpc) is 2.63. The minimum Gasteiger partial charge on any atom is -0.349 e. The normalized spacial score (nSPS) is 28.5. The number of nitrogens with zero attached hydrogens (tertiary/aromatic N) is 1. The average molecular weight is 277 g/mol. The lowest BCUT2D eigenvalue weighted by Gasteiger charge is -2.36. The summed E-state index contributed by atoms with van der Waals surface area (Å²) in [6.07, 6.45) is -0.131. The van der Waals surface area contributed by atoms with Crippen LogP contribution in [0.3, 0.4) is 0 Å². The van der Waals surface area contributed by atoms with Crippen molar-refractivity contribution < 1.29 is 9.53 Å². The van der Waals surface area contributed by atoms with Crippen molar-refractivity contribution in [2.45, 2.75) is 49.8 Å². The summed E-state index contributed by atoms with van der Waals surface area (Å²) in [7, 11) is 0. The maximum atomic E-state index is 12.7. The van der Waals surface area contributed by atoms with Crippen LogP contribution in [0, 0.1) is 5.92 Å². The number of thioether (sulfide) groups is 1. The van der Waals surface area contributed by atoms with Gasteiger partial charge in [0.1, 0.15) is 11.6 Å². The molecule has 0 radical (unpaired) electrons. The van der Waals surface area contributed by atoms with Crippen molar-refractivity contribution in [3.05, 3.63) is 29.8 Å². The summed E-state index contributed by atoms with van der Waals surface area (Å²) in [6.45, 7) is 8.34. The highest BCUT2D eigenvalue weighted by molar-refractivity contribution is 8.00. The summed E-state index contributed by atoms with van der Waals surface area (Å²) in [4.78, 5) is 15.7.